The summed E-state index contributed by atoms with van der Waals surface area (Å²) >= 11 is 0. The Hall–Kier alpha value is -2.16. The first-order chi connectivity index (χ1) is 12.8. The molecule has 1 N–H and O–H groups in total. The molecule has 2 saturated heterocycles. The van der Waals surface area contributed by atoms with E-state index in [1.54, 1.807) is 6.33 Å². The number of nitrogens with zero attached hydrogens (tertiary/aromatic N) is 4. The molecule has 146 valence electrons. The van der Waals surface area contributed by atoms with Gasteiger partial charge in [0.05, 0.1) is 11.3 Å². The van der Waals surface area contributed by atoms with Crippen LogP contribution in [-0.4, -0.2) is 71.9 Å². The van der Waals surface area contributed by atoms with Gasteiger partial charge in [-0.1, -0.05) is 0 Å². The monoisotopic (exact) mass is 391 g/mol. The Morgan fingerprint density at radius 2 is 2.00 bits per heavy atom. The largest absolute Gasteiger partial charge is 0.355 e. The van der Waals surface area contributed by atoms with Crippen LogP contribution in [0.5, 0.6) is 0 Å². The number of aromatic amines is 1. The average molecular weight is 391 g/mol. The quantitative estimate of drug-likeness (QED) is 0.839. The molecule has 8 nitrogen and oxygen atoms in total. The number of rotatable bonds is 4. The van der Waals surface area contributed by atoms with Crippen molar-refractivity contribution in [3.8, 4) is 0 Å². The van der Waals surface area contributed by atoms with E-state index in [-0.39, 0.29) is 23.6 Å². The van der Waals surface area contributed by atoms with E-state index < -0.39 is 9.84 Å². The number of likely N-dealkylation sites (tertiary alicyclic amines) is 1. The molecule has 4 heterocycles. The number of amides is 1. The maximum atomic E-state index is 12.4. The van der Waals surface area contributed by atoms with Crippen molar-refractivity contribution in [2.45, 2.75) is 32.2 Å². The van der Waals surface area contributed by atoms with Crippen LogP contribution in [-0.2, 0) is 14.6 Å². The maximum absolute atomic E-state index is 12.4. The van der Waals surface area contributed by atoms with E-state index in [4.69, 9.17) is 0 Å². The van der Waals surface area contributed by atoms with Gasteiger partial charge in [-0.25, -0.2) is 18.4 Å². The third-order valence-corrected chi connectivity index (χ3v) is 6.59. The van der Waals surface area contributed by atoms with Crippen LogP contribution in [0, 0.1) is 12.8 Å². The number of hydrogen-bond acceptors (Lipinski definition) is 6. The zero-order valence-electron chi connectivity index (χ0n) is 15.7. The molecule has 0 spiro atoms. The second kappa shape index (κ2) is 6.78. The van der Waals surface area contributed by atoms with Crippen molar-refractivity contribution in [3.63, 3.8) is 0 Å². The molecule has 2 aliphatic rings. The first kappa shape index (κ1) is 18.2. The summed E-state index contributed by atoms with van der Waals surface area (Å²) in [6, 6.07) is 2.19. The van der Waals surface area contributed by atoms with Gasteiger partial charge in [-0.05, 0) is 31.7 Å². The smallest absolute Gasteiger partial charge is 0.223 e. The van der Waals surface area contributed by atoms with Crippen molar-refractivity contribution in [2.24, 2.45) is 5.92 Å². The first-order valence-electron chi connectivity index (χ1n) is 9.32. The second-order valence-electron chi connectivity index (χ2n) is 7.84. The number of aromatic nitrogens is 3. The molecule has 27 heavy (non-hydrogen) atoms. The highest BCUT2D eigenvalue weighted by atomic mass is 32.2. The summed E-state index contributed by atoms with van der Waals surface area (Å²) in [6.45, 7) is 4.19. The van der Waals surface area contributed by atoms with Crippen molar-refractivity contribution < 1.29 is 13.2 Å². The molecule has 0 bridgehead atoms. The van der Waals surface area contributed by atoms with Gasteiger partial charge in [0.2, 0.25) is 5.91 Å². The van der Waals surface area contributed by atoms with E-state index in [1.165, 1.54) is 6.26 Å². The van der Waals surface area contributed by atoms with Crippen molar-refractivity contribution in [2.75, 3.05) is 36.5 Å². The molecule has 2 aromatic heterocycles. The summed E-state index contributed by atoms with van der Waals surface area (Å²) in [6.07, 6.45) is 4.91. The zero-order valence-corrected chi connectivity index (χ0v) is 16.5. The minimum absolute atomic E-state index is 0.0751. The van der Waals surface area contributed by atoms with Gasteiger partial charge in [-0.15, -0.1) is 0 Å². The van der Waals surface area contributed by atoms with Crippen LogP contribution >= 0.6 is 0 Å². The lowest BCUT2D eigenvalue weighted by Crippen LogP contribution is -2.46. The minimum atomic E-state index is -3.05. The molecular formula is C18H25N5O3S. The molecule has 2 aromatic rings. The Balaban J connectivity index is 1.42. The third kappa shape index (κ3) is 3.78. The number of piperidine rings is 1. The fourth-order valence-electron chi connectivity index (χ4n) is 4.39. The van der Waals surface area contributed by atoms with E-state index in [0.717, 1.165) is 48.5 Å². The fraction of sp³-hybridized carbons (Fsp3) is 0.611. The number of carbonyl (C=O) groups excluding carboxylic acids is 1. The van der Waals surface area contributed by atoms with Crippen LogP contribution < -0.4 is 4.90 Å². The summed E-state index contributed by atoms with van der Waals surface area (Å²) in [5.41, 5.74) is 2.93. The number of sulfone groups is 1. The Labute approximate surface area is 158 Å². The highest BCUT2D eigenvalue weighted by molar-refractivity contribution is 7.90. The predicted octanol–water partition coefficient (Wildman–Crippen LogP) is 1.13. The number of nitrogens with one attached hydrogen (secondary N) is 1. The van der Waals surface area contributed by atoms with Crippen molar-refractivity contribution in [3.05, 3.63) is 18.1 Å². The Morgan fingerprint density at radius 3 is 2.70 bits per heavy atom. The van der Waals surface area contributed by atoms with Crippen LogP contribution in [0.4, 0.5) is 5.82 Å². The molecule has 0 aromatic carbocycles. The van der Waals surface area contributed by atoms with Gasteiger partial charge in [0, 0.05) is 44.0 Å². The van der Waals surface area contributed by atoms with Gasteiger partial charge >= 0.3 is 0 Å². The number of aryl methyl sites for hydroxylation is 1. The summed E-state index contributed by atoms with van der Waals surface area (Å²) in [5.74, 6) is 1.02. The van der Waals surface area contributed by atoms with E-state index in [2.05, 4.69) is 19.9 Å². The molecule has 0 saturated carbocycles. The van der Waals surface area contributed by atoms with Crippen molar-refractivity contribution in [1.82, 2.24) is 19.9 Å². The van der Waals surface area contributed by atoms with Gasteiger partial charge in [-0.3, -0.25) is 4.79 Å². The van der Waals surface area contributed by atoms with Crippen LogP contribution in [0.1, 0.15) is 25.0 Å². The van der Waals surface area contributed by atoms with Crippen molar-refractivity contribution in [1.29, 1.82) is 0 Å². The summed E-state index contributed by atoms with van der Waals surface area (Å²) < 4.78 is 23.1. The molecule has 4 rings (SSSR count). The highest BCUT2D eigenvalue weighted by Crippen LogP contribution is 2.30. The Bertz CT molecular complexity index is 963. The molecule has 2 aliphatic heterocycles. The lowest BCUT2D eigenvalue weighted by molar-refractivity contribution is -0.130. The van der Waals surface area contributed by atoms with E-state index in [0.29, 0.717) is 13.0 Å². The molecular weight excluding hydrogens is 366 g/mol. The van der Waals surface area contributed by atoms with Gasteiger partial charge in [0.15, 0.2) is 5.82 Å². The van der Waals surface area contributed by atoms with Crippen LogP contribution in [0.2, 0.25) is 0 Å². The molecule has 1 unspecified atom stereocenters. The number of anilines is 1. The molecule has 0 radical (unpaired) electrons. The lowest BCUT2D eigenvalue weighted by atomic mass is 10.0. The maximum Gasteiger partial charge on any atom is 0.223 e. The van der Waals surface area contributed by atoms with Crippen molar-refractivity contribution >= 4 is 32.6 Å². The normalized spacial score (nSPS) is 22.1. The van der Waals surface area contributed by atoms with Gasteiger partial charge in [0.25, 0.3) is 0 Å². The van der Waals surface area contributed by atoms with Gasteiger partial charge < -0.3 is 14.8 Å². The first-order valence-corrected chi connectivity index (χ1v) is 11.4. The molecule has 0 aliphatic carbocycles. The summed E-state index contributed by atoms with van der Waals surface area (Å²) in [7, 11) is -3.05. The lowest BCUT2D eigenvalue weighted by Gasteiger charge is -2.37. The number of carbonyl (C=O) groups is 1. The minimum Gasteiger partial charge on any atom is -0.355 e. The van der Waals surface area contributed by atoms with Gasteiger partial charge in [0.1, 0.15) is 21.7 Å². The third-order valence-electron chi connectivity index (χ3n) is 5.51. The standard InChI is InChI=1S/C18H25N5O3S/c1-12-7-15-17(21-12)18(20-11-19-15)22-5-3-14(4-6-22)23-9-13(8-16(23)24)10-27(2,25)26/h7,11,13-14,21H,3-6,8-10H2,1-2H3. The van der Waals surface area contributed by atoms with E-state index in [9.17, 15) is 13.2 Å². The summed E-state index contributed by atoms with van der Waals surface area (Å²) in [4.78, 5) is 28.7. The molecule has 1 amide bonds. The topological polar surface area (TPSA) is 99.3 Å². The highest BCUT2D eigenvalue weighted by Gasteiger charge is 2.37. The number of fused-ring (bicyclic) bond motifs is 1. The SMILES string of the molecule is Cc1cc2ncnc(N3CCC(N4CC(CS(C)(=O)=O)CC4=O)CC3)c2[nH]1. The second-order valence-corrected chi connectivity index (χ2v) is 10.0. The van der Waals surface area contributed by atoms with Gasteiger partial charge in [-0.2, -0.15) is 0 Å². The van der Waals surface area contributed by atoms with Crippen LogP contribution in [0.3, 0.4) is 0 Å². The average Bonchev–Trinajstić information content (AvgIpc) is 3.14. The van der Waals surface area contributed by atoms with E-state index >= 15 is 0 Å². The predicted molar refractivity (Wildman–Crippen MR) is 103 cm³/mol. The number of hydrogen-bond donors (Lipinski definition) is 1. The van der Waals surface area contributed by atoms with Crippen LogP contribution in [0.15, 0.2) is 12.4 Å². The van der Waals surface area contributed by atoms with E-state index in [1.807, 2.05) is 17.9 Å². The zero-order chi connectivity index (χ0) is 19.2. The fourth-order valence-corrected chi connectivity index (χ4v) is 5.47. The molecule has 9 heteroatoms. The molecule has 1 atom stereocenters. The molecule has 2 fully saturated rings. The Kier molecular flexibility index (Phi) is 4.57. The van der Waals surface area contributed by atoms with Crippen LogP contribution in [0.25, 0.3) is 11.0 Å². The Morgan fingerprint density at radius 1 is 1.26 bits per heavy atom. The number of H-pyrrole nitrogens is 1. The summed E-state index contributed by atoms with van der Waals surface area (Å²) in [5, 5.41) is 0.